The molecule has 0 N–H and O–H groups in total. The second-order valence-corrected chi connectivity index (χ2v) is 12.2. The molecule has 4 aromatic rings. The Morgan fingerprint density at radius 3 is 2.04 bits per heavy atom. The highest BCUT2D eigenvalue weighted by Gasteiger charge is 2.37. The van der Waals surface area contributed by atoms with Gasteiger partial charge >= 0.3 is 24.5 Å². The molecule has 1 aliphatic heterocycles. The van der Waals surface area contributed by atoms with Gasteiger partial charge in [-0.3, -0.25) is 4.79 Å². The zero-order chi connectivity index (χ0) is 39.1. The number of benzene rings is 3. The van der Waals surface area contributed by atoms with Crippen LogP contribution in [0, 0.1) is 0 Å². The van der Waals surface area contributed by atoms with Crippen molar-refractivity contribution >= 4 is 17.6 Å². The number of morpholine rings is 1. The lowest BCUT2D eigenvalue weighted by atomic mass is 9.95. The van der Waals surface area contributed by atoms with E-state index in [-0.39, 0.29) is 54.9 Å². The lowest BCUT2D eigenvalue weighted by Crippen LogP contribution is -2.36. The summed E-state index contributed by atoms with van der Waals surface area (Å²) in [6.07, 6.45) is -11.9. The molecule has 2 heterocycles. The van der Waals surface area contributed by atoms with Gasteiger partial charge in [0.1, 0.15) is 5.75 Å². The number of anilines is 2. The van der Waals surface area contributed by atoms with Crippen molar-refractivity contribution < 1.29 is 58.5 Å². The lowest BCUT2D eigenvalue weighted by molar-refractivity contribution is -0.144. The standard InChI is InChI=1S/C37H35F9N4O4/c1-2-53-33(51)8-5-13-54-32-7-4-3-6-31(32)30-10-9-26(35(38,39)40)18-25(30)23-50(34-47-20-29(21-48-34)49-11-14-52-15-12-49)22-24-16-27(36(41,42)43)19-28(17-24)37(44,45)46/h3-4,6-7,9-10,16-21H,2,5,8,11-15,22-23H2,1H3. The monoisotopic (exact) mass is 770 g/mol. The fraction of sp³-hybridized carbons (Fsp3) is 0.378. The molecular weight excluding hydrogens is 735 g/mol. The molecule has 0 unspecified atom stereocenters. The third-order valence-corrected chi connectivity index (χ3v) is 8.36. The fourth-order valence-electron chi connectivity index (χ4n) is 5.81. The van der Waals surface area contributed by atoms with Gasteiger partial charge < -0.3 is 24.0 Å². The van der Waals surface area contributed by atoms with Crippen molar-refractivity contribution in [2.45, 2.75) is 51.4 Å². The summed E-state index contributed by atoms with van der Waals surface area (Å²) in [5.74, 6) is -0.333. The largest absolute Gasteiger partial charge is 0.493 e. The molecular formula is C37H35F9N4O4. The molecule has 0 aliphatic carbocycles. The second-order valence-electron chi connectivity index (χ2n) is 12.2. The van der Waals surface area contributed by atoms with Crippen LogP contribution in [-0.4, -0.2) is 55.5 Å². The third-order valence-electron chi connectivity index (χ3n) is 8.36. The van der Waals surface area contributed by atoms with Crippen LogP contribution in [0.3, 0.4) is 0 Å². The van der Waals surface area contributed by atoms with E-state index in [2.05, 4.69) is 9.97 Å². The van der Waals surface area contributed by atoms with E-state index in [4.69, 9.17) is 14.2 Å². The average Bonchev–Trinajstić information content (AvgIpc) is 3.13. The molecule has 0 saturated carbocycles. The van der Waals surface area contributed by atoms with Crippen LogP contribution in [-0.2, 0) is 45.9 Å². The summed E-state index contributed by atoms with van der Waals surface area (Å²) in [6.45, 7) is 2.67. The summed E-state index contributed by atoms with van der Waals surface area (Å²) < 4.78 is 142. The second kappa shape index (κ2) is 17.0. The van der Waals surface area contributed by atoms with Gasteiger partial charge in [-0.2, -0.15) is 39.5 Å². The number of halogens is 9. The molecule has 0 radical (unpaired) electrons. The van der Waals surface area contributed by atoms with Crippen LogP contribution in [0.4, 0.5) is 51.1 Å². The highest BCUT2D eigenvalue weighted by atomic mass is 19.4. The first-order valence-corrected chi connectivity index (χ1v) is 16.8. The van der Waals surface area contributed by atoms with Crippen molar-refractivity contribution in [1.82, 2.24) is 9.97 Å². The third kappa shape index (κ3) is 10.5. The Labute approximate surface area is 304 Å². The average molecular weight is 771 g/mol. The number of aromatic nitrogens is 2. The summed E-state index contributed by atoms with van der Waals surface area (Å²) >= 11 is 0. The molecule has 54 heavy (non-hydrogen) atoms. The van der Waals surface area contributed by atoms with E-state index in [1.165, 1.54) is 23.4 Å². The highest BCUT2D eigenvalue weighted by molar-refractivity contribution is 5.74. The van der Waals surface area contributed by atoms with Crippen LogP contribution in [0.25, 0.3) is 11.1 Å². The fourth-order valence-corrected chi connectivity index (χ4v) is 5.81. The van der Waals surface area contributed by atoms with Gasteiger partial charge in [-0.15, -0.1) is 0 Å². The first kappa shape index (κ1) is 40.1. The highest BCUT2D eigenvalue weighted by Crippen LogP contribution is 2.40. The molecule has 1 saturated heterocycles. The van der Waals surface area contributed by atoms with Crippen LogP contribution >= 0.6 is 0 Å². The number of carbonyl (C=O) groups excluding carboxylic acids is 1. The zero-order valence-corrected chi connectivity index (χ0v) is 28.8. The molecule has 1 fully saturated rings. The number of nitrogens with zero attached hydrogens (tertiary/aromatic N) is 4. The van der Waals surface area contributed by atoms with Gasteiger partial charge in [-0.05, 0) is 66.4 Å². The minimum atomic E-state index is -5.13. The number of alkyl halides is 9. The van der Waals surface area contributed by atoms with Crippen molar-refractivity contribution in [3.63, 3.8) is 0 Å². The molecule has 8 nitrogen and oxygen atoms in total. The van der Waals surface area contributed by atoms with Crippen molar-refractivity contribution in [3.8, 4) is 16.9 Å². The van der Waals surface area contributed by atoms with E-state index in [0.717, 1.165) is 12.1 Å². The first-order valence-electron chi connectivity index (χ1n) is 16.8. The molecule has 0 amide bonds. The molecule has 0 bridgehead atoms. The van der Waals surface area contributed by atoms with E-state index >= 15 is 0 Å². The summed E-state index contributed by atoms with van der Waals surface area (Å²) in [5.41, 5.74) is -3.44. The smallest absolute Gasteiger partial charge is 0.416 e. The van der Waals surface area contributed by atoms with Crippen LogP contribution in [0.15, 0.2) is 73.1 Å². The Balaban J connectivity index is 1.58. The van der Waals surface area contributed by atoms with Crippen LogP contribution in [0.5, 0.6) is 5.75 Å². The number of carbonyl (C=O) groups is 1. The van der Waals surface area contributed by atoms with Gasteiger partial charge in [0.05, 0.1) is 61.2 Å². The van der Waals surface area contributed by atoms with E-state index in [9.17, 15) is 44.3 Å². The Kier molecular flexibility index (Phi) is 12.6. The maximum atomic E-state index is 14.1. The van der Waals surface area contributed by atoms with Crippen LogP contribution in [0.1, 0.15) is 47.6 Å². The molecule has 0 spiro atoms. The number of esters is 1. The van der Waals surface area contributed by atoms with Gasteiger partial charge in [0, 0.05) is 38.2 Å². The molecule has 1 aliphatic rings. The minimum absolute atomic E-state index is 0.00345. The summed E-state index contributed by atoms with van der Waals surface area (Å²) in [7, 11) is 0. The van der Waals surface area contributed by atoms with Gasteiger partial charge in [0.25, 0.3) is 0 Å². The van der Waals surface area contributed by atoms with Crippen LogP contribution < -0.4 is 14.5 Å². The number of para-hydroxylation sites is 1. The maximum Gasteiger partial charge on any atom is 0.416 e. The Bertz CT molecular complexity index is 1850. The number of hydrogen-bond donors (Lipinski definition) is 0. The molecule has 0 atom stereocenters. The van der Waals surface area contributed by atoms with Crippen molar-refractivity contribution in [3.05, 3.63) is 101 Å². The normalized spacial score (nSPS) is 13.9. The van der Waals surface area contributed by atoms with E-state index < -0.39 is 59.8 Å². The summed E-state index contributed by atoms with van der Waals surface area (Å²) in [5, 5.41) is 0. The number of hydrogen-bond acceptors (Lipinski definition) is 8. The van der Waals surface area contributed by atoms with Crippen molar-refractivity contribution in [1.29, 1.82) is 0 Å². The molecule has 3 aromatic carbocycles. The topological polar surface area (TPSA) is 77.0 Å². The van der Waals surface area contributed by atoms with Crippen molar-refractivity contribution in [2.24, 2.45) is 0 Å². The Morgan fingerprint density at radius 1 is 0.796 bits per heavy atom. The van der Waals surface area contributed by atoms with Crippen molar-refractivity contribution in [2.75, 3.05) is 49.3 Å². The van der Waals surface area contributed by atoms with Gasteiger partial charge in [0.2, 0.25) is 5.95 Å². The maximum absolute atomic E-state index is 14.1. The van der Waals surface area contributed by atoms with Gasteiger partial charge in [-0.25, -0.2) is 9.97 Å². The summed E-state index contributed by atoms with van der Waals surface area (Å²) in [4.78, 5) is 23.6. The predicted molar refractivity (Wildman–Crippen MR) is 180 cm³/mol. The van der Waals surface area contributed by atoms with Gasteiger partial charge in [0.15, 0.2) is 0 Å². The zero-order valence-electron chi connectivity index (χ0n) is 28.8. The van der Waals surface area contributed by atoms with Crippen LogP contribution in [0.2, 0.25) is 0 Å². The molecule has 17 heteroatoms. The first-order chi connectivity index (χ1) is 25.5. The predicted octanol–water partition coefficient (Wildman–Crippen LogP) is 8.97. The van der Waals surface area contributed by atoms with E-state index in [0.29, 0.717) is 49.7 Å². The van der Waals surface area contributed by atoms with Gasteiger partial charge in [-0.1, -0.05) is 24.3 Å². The minimum Gasteiger partial charge on any atom is -0.493 e. The van der Waals surface area contributed by atoms with E-state index in [1.54, 1.807) is 31.2 Å². The Hall–Kier alpha value is -5.06. The Morgan fingerprint density at radius 2 is 1.43 bits per heavy atom. The SMILES string of the molecule is CCOC(=O)CCCOc1ccccc1-c1ccc(C(F)(F)F)cc1CN(Cc1cc(C(F)(F)F)cc(C(F)(F)F)c1)c1ncc(N2CCOCC2)cn1. The quantitative estimate of drug-likeness (QED) is 0.0758. The number of rotatable bonds is 13. The number of ether oxygens (including phenoxy) is 3. The molecule has 1 aromatic heterocycles. The molecule has 290 valence electrons. The molecule has 5 rings (SSSR count). The lowest BCUT2D eigenvalue weighted by Gasteiger charge is -2.29. The summed E-state index contributed by atoms with van der Waals surface area (Å²) in [6, 6.07) is 10.5. The van der Waals surface area contributed by atoms with E-state index in [1.807, 2.05) is 4.90 Å².